The van der Waals surface area contributed by atoms with Crippen molar-refractivity contribution >= 4 is 5.97 Å². The number of carbonyl (C=O) groups is 1. The topological polar surface area (TPSA) is 64.1 Å². The Morgan fingerprint density at radius 1 is 0.926 bits per heavy atom. The van der Waals surface area contributed by atoms with Crippen LogP contribution in [0.15, 0.2) is 35.1 Å². The first-order valence-electron chi connectivity index (χ1n) is 7.33. The molecule has 10 heteroatoms. The van der Waals surface area contributed by atoms with E-state index in [0.717, 1.165) is 12.1 Å². The van der Waals surface area contributed by atoms with Crippen molar-refractivity contribution in [1.82, 2.24) is 9.78 Å². The van der Waals surface area contributed by atoms with E-state index in [1.165, 1.54) is 22.9 Å². The largest absolute Gasteiger partial charge is 0.416 e. The van der Waals surface area contributed by atoms with Gasteiger partial charge in [-0.1, -0.05) is 0 Å². The fourth-order valence-corrected chi connectivity index (χ4v) is 2.28. The van der Waals surface area contributed by atoms with Crippen molar-refractivity contribution in [1.29, 1.82) is 0 Å². The lowest BCUT2D eigenvalue weighted by molar-refractivity contribution is 0.0716. The van der Waals surface area contributed by atoms with E-state index in [4.69, 9.17) is 0 Å². The molecule has 5 nitrogen and oxygen atoms in total. The van der Waals surface area contributed by atoms with Crippen LogP contribution in [-0.4, -0.2) is 15.7 Å². The number of nitrogens with one attached hydrogen (secondary N) is 1. The van der Waals surface area contributed by atoms with Crippen molar-refractivity contribution < 1.29 is 31.5 Å². The van der Waals surface area contributed by atoms with Gasteiger partial charge in [0.05, 0.1) is 11.3 Å². The maximum absolute atomic E-state index is 13.6. The number of hydrogen-bond acceptors (Lipinski definition) is 3. The fourth-order valence-electron chi connectivity index (χ4n) is 2.28. The molecular weight excluding hydrogens is 375 g/mol. The predicted molar refractivity (Wildman–Crippen MR) is 82.3 cm³/mol. The van der Waals surface area contributed by atoms with Crippen LogP contribution in [0.1, 0.15) is 16.1 Å². The molecule has 0 fully saturated rings. The van der Waals surface area contributed by atoms with E-state index in [1.54, 1.807) is 6.92 Å². The zero-order valence-electron chi connectivity index (χ0n) is 13.4. The van der Waals surface area contributed by atoms with Crippen LogP contribution in [0.4, 0.5) is 22.0 Å². The molecule has 1 heterocycles. The summed E-state index contributed by atoms with van der Waals surface area (Å²) in [7, 11) is 0. The Hall–Kier alpha value is -3.43. The summed E-state index contributed by atoms with van der Waals surface area (Å²) < 4.78 is 72.0. The number of aryl methyl sites for hydroxylation is 1. The third-order valence-corrected chi connectivity index (χ3v) is 3.57. The van der Waals surface area contributed by atoms with Crippen LogP contribution in [0.2, 0.25) is 0 Å². The summed E-state index contributed by atoms with van der Waals surface area (Å²) in [4.78, 5) is 23.7. The number of carbonyl (C=O) groups excluding carboxylic acids is 1. The average Bonchev–Trinajstić information content (AvgIpc) is 3.00. The first kappa shape index (κ1) is 18.4. The summed E-state index contributed by atoms with van der Waals surface area (Å²) in [6.07, 6.45) is 0. The standard InChI is InChI=1S/C17H9F5N2O3/c1-7-6-10(25)24(23-7)9-4-2-8(3-5-9)17(26)27-16-14(21)12(19)11(18)13(20)15(16)22/h2-6,23H,1H3. The van der Waals surface area contributed by atoms with Crippen LogP contribution in [0.5, 0.6) is 5.75 Å². The van der Waals surface area contributed by atoms with E-state index in [1.807, 2.05) is 0 Å². The Morgan fingerprint density at radius 3 is 1.93 bits per heavy atom. The molecule has 0 aliphatic carbocycles. The second-order valence-corrected chi connectivity index (χ2v) is 5.45. The molecule has 0 saturated heterocycles. The number of aromatic nitrogens is 2. The van der Waals surface area contributed by atoms with Crippen LogP contribution < -0.4 is 10.3 Å². The van der Waals surface area contributed by atoms with Crippen molar-refractivity contribution in [3.63, 3.8) is 0 Å². The van der Waals surface area contributed by atoms with E-state index in [0.29, 0.717) is 11.4 Å². The summed E-state index contributed by atoms with van der Waals surface area (Å²) in [6.45, 7) is 1.66. The summed E-state index contributed by atoms with van der Waals surface area (Å²) in [5.74, 6) is -14.4. The molecule has 0 radical (unpaired) electrons. The molecule has 0 atom stereocenters. The quantitative estimate of drug-likeness (QED) is 0.248. The Bertz CT molecular complexity index is 1070. The smallest absolute Gasteiger partial charge is 0.343 e. The Kier molecular flexibility index (Phi) is 4.56. The number of ether oxygens (including phenoxy) is 1. The van der Waals surface area contributed by atoms with Gasteiger partial charge in [-0.2, -0.15) is 8.78 Å². The molecule has 0 spiro atoms. The number of aromatic amines is 1. The van der Waals surface area contributed by atoms with Gasteiger partial charge in [0.15, 0.2) is 0 Å². The summed E-state index contributed by atoms with van der Waals surface area (Å²) in [6, 6.07) is 6.31. The minimum Gasteiger partial charge on any atom is -0.416 e. The number of halogens is 5. The second-order valence-electron chi connectivity index (χ2n) is 5.45. The van der Waals surface area contributed by atoms with Crippen LogP contribution in [0, 0.1) is 36.0 Å². The van der Waals surface area contributed by atoms with Crippen LogP contribution in [0.25, 0.3) is 5.69 Å². The number of nitrogens with zero attached hydrogens (tertiary/aromatic N) is 1. The van der Waals surface area contributed by atoms with Gasteiger partial charge in [-0.05, 0) is 31.2 Å². The van der Waals surface area contributed by atoms with Crippen molar-refractivity contribution in [2.45, 2.75) is 6.92 Å². The minimum atomic E-state index is -2.36. The molecule has 2 aromatic carbocycles. The first-order chi connectivity index (χ1) is 12.7. The molecule has 1 aromatic heterocycles. The highest BCUT2D eigenvalue weighted by Crippen LogP contribution is 2.29. The van der Waals surface area contributed by atoms with Crippen molar-refractivity contribution in [2.75, 3.05) is 0 Å². The van der Waals surface area contributed by atoms with E-state index in [2.05, 4.69) is 9.84 Å². The van der Waals surface area contributed by atoms with Gasteiger partial charge < -0.3 is 4.74 Å². The van der Waals surface area contributed by atoms with E-state index in [-0.39, 0.29) is 11.1 Å². The van der Waals surface area contributed by atoms with Gasteiger partial charge in [0, 0.05) is 11.8 Å². The zero-order valence-corrected chi connectivity index (χ0v) is 13.4. The highest BCUT2D eigenvalue weighted by molar-refractivity contribution is 5.91. The minimum absolute atomic E-state index is 0.237. The molecular formula is C17H9F5N2O3. The number of rotatable bonds is 3. The number of benzene rings is 2. The number of H-pyrrole nitrogens is 1. The van der Waals surface area contributed by atoms with Crippen LogP contribution >= 0.6 is 0 Å². The lowest BCUT2D eigenvalue weighted by Gasteiger charge is -2.09. The zero-order chi connectivity index (χ0) is 19.9. The van der Waals surface area contributed by atoms with Gasteiger partial charge >= 0.3 is 5.97 Å². The monoisotopic (exact) mass is 384 g/mol. The van der Waals surface area contributed by atoms with Crippen molar-refractivity contribution in [2.24, 2.45) is 0 Å². The van der Waals surface area contributed by atoms with E-state index >= 15 is 0 Å². The normalized spacial score (nSPS) is 10.9. The average molecular weight is 384 g/mol. The highest BCUT2D eigenvalue weighted by Gasteiger charge is 2.28. The molecule has 0 saturated carbocycles. The Labute approximate surface area is 147 Å². The number of hydrogen-bond donors (Lipinski definition) is 1. The second kappa shape index (κ2) is 6.71. The number of esters is 1. The molecule has 0 unspecified atom stereocenters. The molecule has 0 amide bonds. The maximum Gasteiger partial charge on any atom is 0.343 e. The Balaban J connectivity index is 1.90. The highest BCUT2D eigenvalue weighted by atomic mass is 19.2. The van der Waals surface area contributed by atoms with Gasteiger partial charge in [-0.15, -0.1) is 0 Å². The summed E-state index contributed by atoms with van der Waals surface area (Å²) in [5, 5.41) is 2.75. The predicted octanol–water partition coefficient (Wildman–Crippen LogP) is 3.39. The van der Waals surface area contributed by atoms with Crippen molar-refractivity contribution in [3.05, 3.63) is 81.0 Å². The molecule has 1 N–H and O–H groups in total. The fraction of sp³-hybridized carbons (Fsp3) is 0.0588. The van der Waals surface area contributed by atoms with Crippen molar-refractivity contribution in [3.8, 4) is 11.4 Å². The molecule has 0 aliphatic rings. The van der Waals surface area contributed by atoms with E-state index < -0.39 is 40.8 Å². The maximum atomic E-state index is 13.6. The van der Waals surface area contributed by atoms with Gasteiger partial charge in [0.1, 0.15) is 0 Å². The van der Waals surface area contributed by atoms with Gasteiger partial charge in [0.25, 0.3) is 5.56 Å². The Morgan fingerprint density at radius 2 is 1.44 bits per heavy atom. The molecule has 0 aliphatic heterocycles. The summed E-state index contributed by atoms with van der Waals surface area (Å²) in [5.41, 5.74) is 0.346. The molecule has 3 aromatic rings. The SMILES string of the molecule is Cc1cc(=O)n(-c2ccc(C(=O)Oc3c(F)c(F)c(F)c(F)c3F)cc2)[nH]1. The van der Waals surface area contributed by atoms with Crippen LogP contribution in [-0.2, 0) is 0 Å². The summed E-state index contributed by atoms with van der Waals surface area (Å²) >= 11 is 0. The lowest BCUT2D eigenvalue weighted by atomic mass is 10.2. The third-order valence-electron chi connectivity index (χ3n) is 3.57. The molecule has 3 rings (SSSR count). The first-order valence-corrected chi connectivity index (χ1v) is 7.33. The molecule has 27 heavy (non-hydrogen) atoms. The van der Waals surface area contributed by atoms with E-state index in [9.17, 15) is 31.5 Å². The van der Waals surface area contributed by atoms with Gasteiger partial charge in [-0.25, -0.2) is 22.6 Å². The lowest BCUT2D eigenvalue weighted by Crippen LogP contribution is -2.15. The molecule has 140 valence electrons. The molecule has 0 bridgehead atoms. The van der Waals surface area contributed by atoms with Gasteiger partial charge in [-0.3, -0.25) is 9.89 Å². The van der Waals surface area contributed by atoms with Crippen LogP contribution in [0.3, 0.4) is 0 Å². The van der Waals surface area contributed by atoms with Gasteiger partial charge in [0.2, 0.25) is 34.8 Å². The third kappa shape index (κ3) is 3.21.